The van der Waals surface area contributed by atoms with Gasteiger partial charge in [0.2, 0.25) is 11.8 Å². The Balaban J connectivity index is 1.89. The highest BCUT2D eigenvalue weighted by molar-refractivity contribution is 8.00. The standard InChI is InChI=1S/C13H13ClN2O4S/c14-7-2-1-3-8(4-7)15-11(17)5-10-12(18)16-9(6-21-10)13(19)20/h1-4,9-10H,5-6H2,(H,15,17)(H,16,18)(H,19,20)/t9-,10-/m0/s1. The van der Waals surface area contributed by atoms with Crippen LogP contribution in [0.5, 0.6) is 0 Å². The minimum absolute atomic E-state index is 0.0185. The highest BCUT2D eigenvalue weighted by Crippen LogP contribution is 2.22. The molecule has 3 N–H and O–H groups in total. The van der Waals surface area contributed by atoms with Crippen molar-refractivity contribution in [3.63, 3.8) is 0 Å². The number of amides is 2. The van der Waals surface area contributed by atoms with E-state index in [1.807, 2.05) is 0 Å². The first-order valence-corrected chi connectivity index (χ1v) is 7.58. The Morgan fingerprint density at radius 1 is 1.48 bits per heavy atom. The van der Waals surface area contributed by atoms with E-state index in [0.717, 1.165) is 0 Å². The molecule has 21 heavy (non-hydrogen) atoms. The minimum atomic E-state index is -1.07. The Bertz CT molecular complexity index is 581. The largest absolute Gasteiger partial charge is 0.480 e. The van der Waals surface area contributed by atoms with Crippen LogP contribution in [0.2, 0.25) is 5.02 Å². The van der Waals surface area contributed by atoms with Gasteiger partial charge in [0.05, 0.1) is 5.25 Å². The molecule has 1 heterocycles. The first-order valence-electron chi connectivity index (χ1n) is 6.16. The van der Waals surface area contributed by atoms with Crippen molar-refractivity contribution in [1.82, 2.24) is 5.32 Å². The molecule has 6 nitrogen and oxygen atoms in total. The van der Waals surface area contributed by atoms with Crippen LogP contribution in [-0.4, -0.2) is 39.9 Å². The summed E-state index contributed by atoms with van der Waals surface area (Å²) >= 11 is 6.98. The van der Waals surface area contributed by atoms with E-state index in [1.165, 1.54) is 11.8 Å². The number of carboxylic acid groups (broad SMARTS) is 1. The number of halogens is 1. The van der Waals surface area contributed by atoms with Gasteiger partial charge in [0.1, 0.15) is 6.04 Å². The second kappa shape index (κ2) is 6.82. The van der Waals surface area contributed by atoms with Crippen LogP contribution < -0.4 is 10.6 Å². The van der Waals surface area contributed by atoms with Crippen molar-refractivity contribution in [3.8, 4) is 0 Å². The maximum Gasteiger partial charge on any atom is 0.327 e. The lowest BCUT2D eigenvalue weighted by atomic mass is 10.2. The molecule has 1 aromatic carbocycles. The summed E-state index contributed by atoms with van der Waals surface area (Å²) in [6.07, 6.45) is -0.0185. The van der Waals surface area contributed by atoms with Crippen LogP contribution in [0.3, 0.4) is 0 Å². The van der Waals surface area contributed by atoms with Gasteiger partial charge >= 0.3 is 5.97 Å². The molecule has 2 atom stereocenters. The van der Waals surface area contributed by atoms with Crippen molar-refractivity contribution >= 4 is 46.8 Å². The van der Waals surface area contributed by atoms with E-state index in [1.54, 1.807) is 24.3 Å². The Hall–Kier alpha value is -1.73. The van der Waals surface area contributed by atoms with Crippen molar-refractivity contribution in [1.29, 1.82) is 0 Å². The lowest BCUT2D eigenvalue weighted by Gasteiger charge is -2.25. The third kappa shape index (κ3) is 4.37. The Kier molecular flexibility index (Phi) is 5.08. The zero-order valence-corrected chi connectivity index (χ0v) is 12.4. The van der Waals surface area contributed by atoms with Gasteiger partial charge in [0.15, 0.2) is 0 Å². The number of carbonyl (C=O) groups is 3. The van der Waals surface area contributed by atoms with Gasteiger partial charge in [-0.05, 0) is 18.2 Å². The number of nitrogens with one attached hydrogen (secondary N) is 2. The summed E-state index contributed by atoms with van der Waals surface area (Å²) in [5, 5.41) is 13.8. The summed E-state index contributed by atoms with van der Waals surface area (Å²) in [6, 6.07) is 5.80. The van der Waals surface area contributed by atoms with E-state index < -0.39 is 23.2 Å². The quantitative estimate of drug-likeness (QED) is 0.775. The lowest BCUT2D eigenvalue weighted by Crippen LogP contribution is -2.51. The maximum atomic E-state index is 11.9. The minimum Gasteiger partial charge on any atom is -0.480 e. The molecule has 0 saturated carbocycles. The Morgan fingerprint density at radius 3 is 2.86 bits per heavy atom. The average molecular weight is 329 g/mol. The smallest absolute Gasteiger partial charge is 0.327 e. The van der Waals surface area contributed by atoms with Crippen LogP contribution in [-0.2, 0) is 14.4 Å². The number of carbonyl (C=O) groups excluding carboxylic acids is 2. The molecule has 8 heteroatoms. The van der Waals surface area contributed by atoms with Crippen molar-refractivity contribution in [3.05, 3.63) is 29.3 Å². The van der Waals surface area contributed by atoms with Crippen LogP contribution in [0, 0.1) is 0 Å². The second-order valence-electron chi connectivity index (χ2n) is 4.48. The van der Waals surface area contributed by atoms with Crippen LogP contribution in [0.25, 0.3) is 0 Å². The highest BCUT2D eigenvalue weighted by Gasteiger charge is 2.33. The van der Waals surface area contributed by atoms with Crippen LogP contribution in [0.15, 0.2) is 24.3 Å². The van der Waals surface area contributed by atoms with E-state index in [0.29, 0.717) is 10.7 Å². The summed E-state index contributed by atoms with van der Waals surface area (Å²) in [4.78, 5) is 34.4. The molecule has 0 radical (unpaired) electrons. The van der Waals surface area contributed by atoms with E-state index in [4.69, 9.17) is 16.7 Å². The number of thioether (sulfide) groups is 1. The number of rotatable bonds is 4. The fourth-order valence-corrected chi connectivity index (χ4v) is 3.16. The second-order valence-corrected chi connectivity index (χ2v) is 6.16. The molecular weight excluding hydrogens is 316 g/mol. The lowest BCUT2D eigenvalue weighted by molar-refractivity contribution is -0.141. The first kappa shape index (κ1) is 15.7. The molecule has 2 amide bonds. The summed E-state index contributed by atoms with van der Waals surface area (Å²) in [5.41, 5.74) is 0.553. The molecule has 0 aromatic heterocycles. The van der Waals surface area contributed by atoms with Crippen LogP contribution in [0.1, 0.15) is 6.42 Å². The number of aliphatic carboxylic acids is 1. The number of benzene rings is 1. The van der Waals surface area contributed by atoms with Gasteiger partial charge in [0.25, 0.3) is 0 Å². The van der Waals surface area contributed by atoms with Crippen LogP contribution >= 0.6 is 23.4 Å². The third-order valence-corrected chi connectivity index (χ3v) is 4.39. The Labute approximate surface area is 130 Å². The fourth-order valence-electron chi connectivity index (χ4n) is 1.83. The normalized spacial score (nSPS) is 21.5. The van der Waals surface area contributed by atoms with Gasteiger partial charge in [-0.1, -0.05) is 17.7 Å². The van der Waals surface area contributed by atoms with Gasteiger partial charge in [0, 0.05) is 22.9 Å². The zero-order chi connectivity index (χ0) is 15.4. The molecule has 1 aromatic rings. The van der Waals surface area contributed by atoms with Crippen molar-refractivity contribution in [2.75, 3.05) is 11.1 Å². The van der Waals surface area contributed by atoms with Gasteiger partial charge < -0.3 is 15.7 Å². The van der Waals surface area contributed by atoms with Gasteiger partial charge in [-0.2, -0.15) is 0 Å². The summed E-state index contributed by atoms with van der Waals surface area (Å²) in [7, 11) is 0. The number of hydrogen-bond acceptors (Lipinski definition) is 4. The van der Waals surface area contributed by atoms with Gasteiger partial charge in [-0.15, -0.1) is 11.8 Å². The monoisotopic (exact) mass is 328 g/mol. The molecule has 0 unspecified atom stereocenters. The average Bonchev–Trinajstić information content (AvgIpc) is 2.40. The number of hydrogen-bond donors (Lipinski definition) is 3. The molecule has 1 fully saturated rings. The topological polar surface area (TPSA) is 95.5 Å². The number of carboxylic acids is 1. The summed E-state index contributed by atoms with van der Waals surface area (Å²) in [5.74, 6) is -1.58. The molecule has 0 bridgehead atoms. The summed E-state index contributed by atoms with van der Waals surface area (Å²) in [6.45, 7) is 0. The zero-order valence-electron chi connectivity index (χ0n) is 10.8. The van der Waals surface area contributed by atoms with Gasteiger partial charge in [-0.25, -0.2) is 4.79 Å². The molecule has 1 aliphatic heterocycles. The van der Waals surface area contributed by atoms with E-state index in [9.17, 15) is 14.4 Å². The molecule has 2 rings (SSSR count). The SMILES string of the molecule is O=C(C[C@@H]1SC[C@@H](C(=O)O)NC1=O)Nc1cccc(Cl)c1. The van der Waals surface area contributed by atoms with E-state index >= 15 is 0 Å². The molecule has 0 spiro atoms. The van der Waals surface area contributed by atoms with E-state index in [-0.39, 0.29) is 18.1 Å². The predicted octanol–water partition coefficient (Wildman–Crippen LogP) is 1.35. The first-order chi connectivity index (χ1) is 9.95. The predicted molar refractivity (Wildman–Crippen MR) is 80.5 cm³/mol. The van der Waals surface area contributed by atoms with Crippen molar-refractivity contribution in [2.45, 2.75) is 17.7 Å². The third-order valence-electron chi connectivity index (χ3n) is 2.85. The molecule has 1 aliphatic rings. The molecule has 1 saturated heterocycles. The van der Waals surface area contributed by atoms with Crippen molar-refractivity contribution < 1.29 is 19.5 Å². The van der Waals surface area contributed by atoms with E-state index in [2.05, 4.69) is 10.6 Å². The van der Waals surface area contributed by atoms with Crippen LogP contribution in [0.4, 0.5) is 5.69 Å². The Morgan fingerprint density at radius 2 is 2.24 bits per heavy atom. The summed E-state index contributed by atoms with van der Waals surface area (Å²) < 4.78 is 0. The maximum absolute atomic E-state index is 11.9. The molecule has 112 valence electrons. The van der Waals surface area contributed by atoms with Gasteiger partial charge in [-0.3, -0.25) is 9.59 Å². The molecular formula is C13H13ClN2O4S. The molecule has 0 aliphatic carbocycles. The fraction of sp³-hybridized carbons (Fsp3) is 0.308. The van der Waals surface area contributed by atoms with Crippen molar-refractivity contribution in [2.24, 2.45) is 0 Å². The highest BCUT2D eigenvalue weighted by atomic mass is 35.5. The number of anilines is 1.